The van der Waals surface area contributed by atoms with Gasteiger partial charge in [0.05, 0.1) is 10.7 Å². The molecule has 2 aromatic carbocycles. The predicted molar refractivity (Wildman–Crippen MR) is 80.0 cm³/mol. The third kappa shape index (κ3) is 2.86. The van der Waals surface area contributed by atoms with Crippen LogP contribution in [0.3, 0.4) is 0 Å². The number of phenols is 3. The zero-order valence-corrected chi connectivity index (χ0v) is 12.1. The summed E-state index contributed by atoms with van der Waals surface area (Å²) in [7, 11) is 0. The summed E-state index contributed by atoms with van der Waals surface area (Å²) >= 11 is 12.1. The fourth-order valence-corrected chi connectivity index (χ4v) is 2.17. The summed E-state index contributed by atoms with van der Waals surface area (Å²) in [6, 6.07) is 6.23. The number of benzene rings is 2. The normalized spacial score (nSPS) is 10.6. The molecule has 20 heavy (non-hydrogen) atoms. The van der Waals surface area contributed by atoms with Crippen LogP contribution >= 0.6 is 23.2 Å². The highest BCUT2D eigenvalue weighted by atomic mass is 35.5. The third-order valence-electron chi connectivity index (χ3n) is 2.93. The SMILES string of the molecule is Cc1cc(Cl)c(NCc2ccc(O)c(O)c2O)cc1Cl. The molecule has 0 spiro atoms. The first-order chi connectivity index (χ1) is 9.40. The van der Waals surface area contributed by atoms with Gasteiger partial charge in [0, 0.05) is 17.1 Å². The largest absolute Gasteiger partial charge is 0.504 e. The fraction of sp³-hybridized carbons (Fsp3) is 0.143. The molecule has 2 rings (SSSR count). The topological polar surface area (TPSA) is 72.7 Å². The number of rotatable bonds is 3. The highest BCUT2D eigenvalue weighted by Crippen LogP contribution is 2.37. The summed E-state index contributed by atoms with van der Waals surface area (Å²) in [4.78, 5) is 0. The van der Waals surface area contributed by atoms with Gasteiger partial charge in [0.15, 0.2) is 11.5 Å². The van der Waals surface area contributed by atoms with E-state index < -0.39 is 5.75 Å². The van der Waals surface area contributed by atoms with Crippen molar-refractivity contribution >= 4 is 28.9 Å². The van der Waals surface area contributed by atoms with E-state index >= 15 is 0 Å². The van der Waals surface area contributed by atoms with Gasteiger partial charge in [0.1, 0.15) is 0 Å². The first kappa shape index (κ1) is 14.6. The van der Waals surface area contributed by atoms with Crippen molar-refractivity contribution in [2.45, 2.75) is 13.5 Å². The molecule has 0 radical (unpaired) electrons. The fourth-order valence-electron chi connectivity index (χ4n) is 1.73. The number of halogens is 2. The van der Waals surface area contributed by atoms with E-state index in [0.717, 1.165) is 5.56 Å². The lowest BCUT2D eigenvalue weighted by atomic mass is 10.1. The Hall–Kier alpha value is -1.78. The van der Waals surface area contributed by atoms with Gasteiger partial charge in [0.2, 0.25) is 5.75 Å². The van der Waals surface area contributed by atoms with Crippen LogP contribution in [0.2, 0.25) is 10.0 Å². The lowest BCUT2D eigenvalue weighted by Gasteiger charge is -2.12. The van der Waals surface area contributed by atoms with Crippen LogP contribution in [0, 0.1) is 6.92 Å². The van der Waals surface area contributed by atoms with E-state index in [1.807, 2.05) is 6.92 Å². The molecule has 0 aliphatic heterocycles. The lowest BCUT2D eigenvalue weighted by molar-refractivity contribution is 0.365. The summed E-state index contributed by atoms with van der Waals surface area (Å²) in [5.41, 5.74) is 1.91. The maximum absolute atomic E-state index is 9.72. The molecule has 0 atom stereocenters. The number of hydrogen-bond acceptors (Lipinski definition) is 4. The Bertz CT molecular complexity index is 657. The number of phenolic OH excluding ortho intramolecular Hbond substituents is 3. The molecule has 0 fully saturated rings. The second-order valence-electron chi connectivity index (χ2n) is 4.38. The number of anilines is 1. The van der Waals surface area contributed by atoms with Crippen molar-refractivity contribution in [1.29, 1.82) is 0 Å². The summed E-state index contributed by atoms with van der Waals surface area (Å²) in [6.45, 7) is 2.07. The van der Waals surface area contributed by atoms with Crippen molar-refractivity contribution in [1.82, 2.24) is 0 Å². The third-order valence-corrected chi connectivity index (χ3v) is 3.65. The highest BCUT2D eigenvalue weighted by Gasteiger charge is 2.11. The standard InChI is InChI=1S/C14H13Cl2NO3/c1-7-4-10(16)11(5-9(7)15)17-6-8-2-3-12(18)14(20)13(8)19/h2-5,17-20H,6H2,1H3. The zero-order valence-electron chi connectivity index (χ0n) is 10.6. The quantitative estimate of drug-likeness (QED) is 0.645. The van der Waals surface area contributed by atoms with Gasteiger partial charge < -0.3 is 20.6 Å². The van der Waals surface area contributed by atoms with Crippen LogP contribution in [0.1, 0.15) is 11.1 Å². The van der Waals surface area contributed by atoms with E-state index in [2.05, 4.69) is 5.32 Å². The molecule has 6 heteroatoms. The van der Waals surface area contributed by atoms with Gasteiger partial charge in [-0.3, -0.25) is 0 Å². The predicted octanol–water partition coefficient (Wildman–Crippen LogP) is 4.03. The van der Waals surface area contributed by atoms with Crippen LogP contribution in [0.25, 0.3) is 0 Å². The van der Waals surface area contributed by atoms with Crippen molar-refractivity contribution in [3.63, 3.8) is 0 Å². The average molecular weight is 314 g/mol. The molecular weight excluding hydrogens is 301 g/mol. The molecular formula is C14H13Cl2NO3. The number of aromatic hydroxyl groups is 3. The van der Waals surface area contributed by atoms with Gasteiger partial charge >= 0.3 is 0 Å². The monoisotopic (exact) mass is 313 g/mol. The van der Waals surface area contributed by atoms with Crippen LogP contribution < -0.4 is 5.32 Å². The molecule has 0 amide bonds. The minimum absolute atomic E-state index is 0.221. The summed E-state index contributed by atoms with van der Waals surface area (Å²) in [5, 5.41) is 32.5. The molecule has 0 saturated carbocycles. The molecule has 4 N–H and O–H groups in total. The minimum Gasteiger partial charge on any atom is -0.504 e. The molecule has 106 valence electrons. The van der Waals surface area contributed by atoms with Crippen molar-refractivity contribution in [2.75, 3.05) is 5.32 Å². The first-order valence-electron chi connectivity index (χ1n) is 5.82. The van der Waals surface area contributed by atoms with Crippen LogP contribution in [0.15, 0.2) is 24.3 Å². The molecule has 0 aliphatic rings. The van der Waals surface area contributed by atoms with E-state index in [9.17, 15) is 15.3 Å². The number of hydrogen-bond donors (Lipinski definition) is 4. The molecule has 0 unspecified atom stereocenters. The van der Waals surface area contributed by atoms with E-state index in [0.29, 0.717) is 21.3 Å². The average Bonchev–Trinajstić information content (AvgIpc) is 2.40. The molecule has 0 aromatic heterocycles. The molecule has 0 aliphatic carbocycles. The highest BCUT2D eigenvalue weighted by molar-refractivity contribution is 6.35. The van der Waals surface area contributed by atoms with Crippen molar-refractivity contribution in [2.24, 2.45) is 0 Å². The Balaban J connectivity index is 2.21. The van der Waals surface area contributed by atoms with Crippen LogP contribution in [0.5, 0.6) is 17.2 Å². The second-order valence-corrected chi connectivity index (χ2v) is 5.19. The number of nitrogens with one attached hydrogen (secondary N) is 1. The Morgan fingerprint density at radius 3 is 2.40 bits per heavy atom. The Morgan fingerprint density at radius 1 is 1.00 bits per heavy atom. The lowest BCUT2D eigenvalue weighted by Crippen LogP contribution is -2.00. The number of aryl methyl sites for hydroxylation is 1. The smallest absolute Gasteiger partial charge is 0.200 e. The van der Waals surface area contributed by atoms with E-state index in [-0.39, 0.29) is 18.0 Å². The minimum atomic E-state index is -0.544. The van der Waals surface area contributed by atoms with Crippen molar-refractivity contribution in [3.8, 4) is 17.2 Å². The molecule has 2 aromatic rings. The first-order valence-corrected chi connectivity index (χ1v) is 6.58. The summed E-state index contributed by atoms with van der Waals surface area (Å²) in [5.74, 6) is -1.29. The van der Waals surface area contributed by atoms with Gasteiger partial charge in [-0.15, -0.1) is 0 Å². The van der Waals surface area contributed by atoms with Crippen molar-refractivity contribution < 1.29 is 15.3 Å². The maximum atomic E-state index is 9.72. The molecule has 0 bridgehead atoms. The Labute approximate surface area is 126 Å². The molecule has 0 saturated heterocycles. The van der Waals surface area contributed by atoms with Gasteiger partial charge in [-0.2, -0.15) is 0 Å². The van der Waals surface area contributed by atoms with E-state index in [1.54, 1.807) is 12.1 Å². The van der Waals surface area contributed by atoms with Gasteiger partial charge in [-0.05, 0) is 36.8 Å². The van der Waals surface area contributed by atoms with E-state index in [4.69, 9.17) is 23.2 Å². The van der Waals surface area contributed by atoms with Crippen LogP contribution in [-0.4, -0.2) is 15.3 Å². The van der Waals surface area contributed by atoms with Gasteiger partial charge in [0.25, 0.3) is 0 Å². The van der Waals surface area contributed by atoms with Crippen LogP contribution in [-0.2, 0) is 6.54 Å². The van der Waals surface area contributed by atoms with Crippen LogP contribution in [0.4, 0.5) is 5.69 Å². The Kier molecular flexibility index (Phi) is 4.16. The molecule has 4 nitrogen and oxygen atoms in total. The van der Waals surface area contributed by atoms with Gasteiger partial charge in [-0.25, -0.2) is 0 Å². The summed E-state index contributed by atoms with van der Waals surface area (Å²) in [6.07, 6.45) is 0. The van der Waals surface area contributed by atoms with E-state index in [1.165, 1.54) is 12.1 Å². The Morgan fingerprint density at radius 2 is 1.70 bits per heavy atom. The zero-order chi connectivity index (χ0) is 14.9. The maximum Gasteiger partial charge on any atom is 0.200 e. The van der Waals surface area contributed by atoms with Crippen molar-refractivity contribution in [3.05, 3.63) is 45.4 Å². The summed E-state index contributed by atoms with van der Waals surface area (Å²) < 4.78 is 0. The second kappa shape index (κ2) is 5.69. The van der Waals surface area contributed by atoms with Gasteiger partial charge in [-0.1, -0.05) is 23.2 Å². The molecule has 0 heterocycles.